The van der Waals surface area contributed by atoms with Crippen LogP contribution in [0.2, 0.25) is 0 Å². The number of amides is 3. The highest BCUT2D eigenvalue weighted by Gasteiger charge is 2.29. The minimum atomic E-state index is -1.20. The molecule has 0 aliphatic carbocycles. The fourth-order valence-electron chi connectivity index (χ4n) is 4.00. The van der Waals surface area contributed by atoms with Crippen molar-refractivity contribution < 1.29 is 24.3 Å². The summed E-state index contributed by atoms with van der Waals surface area (Å²) in [5, 5.41) is 17.5. The summed E-state index contributed by atoms with van der Waals surface area (Å²) in [6, 6.07) is 4.61. The number of nitrogens with one attached hydrogen (secondary N) is 5. The van der Waals surface area contributed by atoms with Crippen LogP contribution < -0.4 is 21.7 Å². The first-order valence-corrected chi connectivity index (χ1v) is 12.0. The van der Waals surface area contributed by atoms with E-state index in [4.69, 9.17) is 10.8 Å². The van der Waals surface area contributed by atoms with Crippen molar-refractivity contribution in [1.82, 2.24) is 30.9 Å². The zero-order valence-corrected chi connectivity index (χ0v) is 20.8. The number of H-pyrrole nitrogens is 2. The van der Waals surface area contributed by atoms with Gasteiger partial charge in [0.05, 0.1) is 12.4 Å². The molecule has 0 spiro atoms. The Hall–Kier alpha value is -4.19. The summed E-state index contributed by atoms with van der Waals surface area (Å²) >= 11 is 0. The van der Waals surface area contributed by atoms with Crippen LogP contribution in [0.25, 0.3) is 10.9 Å². The predicted octanol–water partition coefficient (Wildman–Crippen LogP) is 0.220. The largest absolute Gasteiger partial charge is 0.480 e. The summed E-state index contributed by atoms with van der Waals surface area (Å²) in [6.07, 6.45) is 5.44. The summed E-state index contributed by atoms with van der Waals surface area (Å²) in [6.45, 7) is 3.19. The van der Waals surface area contributed by atoms with Gasteiger partial charge in [-0.1, -0.05) is 32.0 Å². The molecule has 0 saturated heterocycles. The highest BCUT2D eigenvalue weighted by Crippen LogP contribution is 2.19. The van der Waals surface area contributed by atoms with Gasteiger partial charge in [-0.3, -0.25) is 19.2 Å². The molecule has 3 atom stereocenters. The van der Waals surface area contributed by atoms with E-state index in [2.05, 4.69) is 30.9 Å². The smallest absolute Gasteiger partial charge is 0.322 e. The summed E-state index contributed by atoms with van der Waals surface area (Å²) in [5.74, 6) is -2.89. The number of nitrogens with two attached hydrogens (primary N) is 1. The molecule has 2 heterocycles. The van der Waals surface area contributed by atoms with E-state index in [1.807, 2.05) is 38.1 Å². The number of aliphatic carboxylic acids is 1. The maximum absolute atomic E-state index is 13.4. The summed E-state index contributed by atoms with van der Waals surface area (Å²) < 4.78 is 0. The number of carboxylic acids is 1. The van der Waals surface area contributed by atoms with Crippen LogP contribution >= 0.6 is 0 Å². The number of carbonyl (C=O) groups is 4. The fraction of sp³-hybridized carbons (Fsp3) is 0.400. The third kappa shape index (κ3) is 7.90. The van der Waals surface area contributed by atoms with Crippen LogP contribution in [0.1, 0.15) is 31.5 Å². The van der Waals surface area contributed by atoms with Crippen molar-refractivity contribution in [2.24, 2.45) is 11.7 Å². The molecule has 0 bridgehead atoms. The average molecular weight is 512 g/mol. The zero-order chi connectivity index (χ0) is 26.9. The number of carboxylic acid groups (broad SMARTS) is 1. The number of aromatic amines is 2. The summed E-state index contributed by atoms with van der Waals surface area (Å²) in [7, 11) is 0. The SMILES string of the molecule is CC(C)CC(NC(=O)C(Cc1c[nH]c2ccccc12)NC(=O)C(N)Cc1cnc[nH]1)C(=O)NCC(=O)O. The number of hydrogen-bond acceptors (Lipinski definition) is 6. The molecule has 2 aromatic heterocycles. The van der Waals surface area contributed by atoms with E-state index in [-0.39, 0.29) is 25.2 Å². The molecule has 1 aromatic carbocycles. The molecule has 0 aliphatic rings. The van der Waals surface area contributed by atoms with Gasteiger partial charge in [0.2, 0.25) is 17.7 Å². The van der Waals surface area contributed by atoms with Crippen LogP contribution in [0, 0.1) is 5.92 Å². The van der Waals surface area contributed by atoms with Crippen molar-refractivity contribution >= 4 is 34.6 Å². The second-order valence-electron chi connectivity index (χ2n) is 9.31. The van der Waals surface area contributed by atoms with Crippen LogP contribution in [-0.2, 0) is 32.0 Å². The van der Waals surface area contributed by atoms with Gasteiger partial charge >= 0.3 is 5.97 Å². The molecule has 198 valence electrons. The molecule has 12 heteroatoms. The Balaban J connectivity index is 1.80. The van der Waals surface area contributed by atoms with E-state index in [9.17, 15) is 19.2 Å². The number of imidazole rings is 1. The van der Waals surface area contributed by atoms with Crippen molar-refractivity contribution in [2.45, 2.75) is 51.2 Å². The number of benzene rings is 1. The lowest BCUT2D eigenvalue weighted by Gasteiger charge is -2.25. The molecule has 0 aliphatic heterocycles. The number of aromatic nitrogens is 3. The van der Waals surface area contributed by atoms with Gasteiger partial charge in [0.15, 0.2) is 0 Å². The van der Waals surface area contributed by atoms with Gasteiger partial charge in [0.1, 0.15) is 18.6 Å². The summed E-state index contributed by atoms with van der Waals surface area (Å²) in [4.78, 5) is 59.9. The fourth-order valence-corrected chi connectivity index (χ4v) is 4.00. The van der Waals surface area contributed by atoms with E-state index in [0.717, 1.165) is 16.5 Å². The monoisotopic (exact) mass is 511 g/mol. The first kappa shape index (κ1) is 27.4. The molecule has 0 fully saturated rings. The second-order valence-corrected chi connectivity index (χ2v) is 9.31. The zero-order valence-electron chi connectivity index (χ0n) is 20.8. The third-order valence-electron chi connectivity index (χ3n) is 5.82. The first-order chi connectivity index (χ1) is 17.6. The molecular formula is C25H33N7O5. The normalized spacial score (nSPS) is 13.6. The molecule has 12 nitrogen and oxygen atoms in total. The van der Waals surface area contributed by atoms with E-state index in [1.165, 1.54) is 6.33 Å². The lowest BCUT2D eigenvalue weighted by Crippen LogP contribution is -2.57. The number of fused-ring (bicyclic) bond motifs is 1. The van der Waals surface area contributed by atoms with Crippen molar-refractivity contribution in [3.63, 3.8) is 0 Å². The summed E-state index contributed by atoms with van der Waals surface area (Å²) in [5.41, 5.74) is 8.44. The first-order valence-electron chi connectivity index (χ1n) is 12.0. The highest BCUT2D eigenvalue weighted by molar-refractivity contribution is 5.94. The molecule has 8 N–H and O–H groups in total. The maximum atomic E-state index is 13.4. The van der Waals surface area contributed by atoms with Crippen LogP contribution in [0.4, 0.5) is 0 Å². The van der Waals surface area contributed by atoms with Gasteiger partial charge in [0, 0.05) is 41.8 Å². The minimum Gasteiger partial charge on any atom is -0.480 e. The van der Waals surface area contributed by atoms with Crippen molar-refractivity contribution in [2.75, 3.05) is 6.54 Å². The number of hydrogen-bond donors (Lipinski definition) is 7. The second kappa shape index (κ2) is 12.7. The van der Waals surface area contributed by atoms with Gasteiger partial charge in [-0.15, -0.1) is 0 Å². The molecule has 3 amide bonds. The van der Waals surface area contributed by atoms with Crippen LogP contribution in [0.15, 0.2) is 43.0 Å². The quantitative estimate of drug-likeness (QED) is 0.170. The van der Waals surface area contributed by atoms with Crippen molar-refractivity contribution in [3.05, 3.63) is 54.2 Å². The molecule has 0 saturated carbocycles. The Morgan fingerprint density at radius 2 is 1.73 bits per heavy atom. The van der Waals surface area contributed by atoms with Crippen LogP contribution in [0.3, 0.4) is 0 Å². The Morgan fingerprint density at radius 3 is 2.41 bits per heavy atom. The van der Waals surface area contributed by atoms with Gasteiger partial charge in [0.25, 0.3) is 0 Å². The number of rotatable bonds is 13. The van der Waals surface area contributed by atoms with E-state index >= 15 is 0 Å². The van der Waals surface area contributed by atoms with Gasteiger partial charge in [-0.2, -0.15) is 0 Å². The molecule has 37 heavy (non-hydrogen) atoms. The molecular weight excluding hydrogens is 478 g/mol. The standard InChI is InChI=1S/C25H33N7O5/c1-14(2)7-20(24(36)29-12-22(33)34)32-25(37)21(8-15-10-28-19-6-4-3-5-17(15)19)31-23(35)18(26)9-16-11-27-13-30-16/h3-6,10-11,13-14,18,20-21,28H,7-9,12,26H2,1-2H3,(H,27,30)(H,29,36)(H,31,35)(H,32,37)(H,33,34). The number of nitrogens with zero attached hydrogens (tertiary/aromatic N) is 1. The van der Waals surface area contributed by atoms with E-state index in [1.54, 1.807) is 12.4 Å². The topological polar surface area (TPSA) is 195 Å². The Bertz CT molecular complexity index is 1220. The lowest BCUT2D eigenvalue weighted by molar-refractivity contribution is -0.138. The maximum Gasteiger partial charge on any atom is 0.322 e. The van der Waals surface area contributed by atoms with E-state index < -0.39 is 48.4 Å². The molecule has 3 unspecified atom stereocenters. The van der Waals surface area contributed by atoms with Crippen LogP contribution in [0.5, 0.6) is 0 Å². The molecule has 3 rings (SSSR count). The number of carbonyl (C=O) groups excluding carboxylic acids is 3. The van der Waals surface area contributed by atoms with Crippen molar-refractivity contribution in [3.8, 4) is 0 Å². The van der Waals surface area contributed by atoms with Gasteiger partial charge < -0.3 is 36.8 Å². The Labute approximate surface area is 213 Å². The van der Waals surface area contributed by atoms with E-state index in [0.29, 0.717) is 5.69 Å². The van der Waals surface area contributed by atoms with Gasteiger partial charge in [-0.05, 0) is 24.0 Å². The Kier molecular flexibility index (Phi) is 9.39. The minimum absolute atomic E-state index is 0.0327. The predicted molar refractivity (Wildman–Crippen MR) is 136 cm³/mol. The lowest BCUT2D eigenvalue weighted by atomic mass is 10.0. The van der Waals surface area contributed by atoms with Gasteiger partial charge in [-0.25, -0.2) is 4.98 Å². The van der Waals surface area contributed by atoms with Crippen molar-refractivity contribution in [1.29, 1.82) is 0 Å². The highest BCUT2D eigenvalue weighted by atomic mass is 16.4. The van der Waals surface area contributed by atoms with Crippen LogP contribution in [-0.4, -0.2) is 68.4 Å². The Morgan fingerprint density at radius 1 is 1.00 bits per heavy atom. The molecule has 3 aromatic rings. The molecule has 0 radical (unpaired) electrons. The average Bonchev–Trinajstić information content (AvgIpc) is 3.51. The third-order valence-corrected chi connectivity index (χ3v) is 5.82. The number of para-hydroxylation sites is 1.